The highest BCUT2D eigenvalue weighted by molar-refractivity contribution is 5.47. The number of hydrogen-bond donors (Lipinski definition) is 0. The maximum Gasteiger partial charge on any atom is 0.266 e. The first-order valence-corrected chi connectivity index (χ1v) is 9.46. The van der Waals surface area contributed by atoms with Gasteiger partial charge < -0.3 is 9.80 Å². The highest BCUT2D eigenvalue weighted by atomic mass is 16.1. The molecule has 0 aromatic carbocycles. The van der Waals surface area contributed by atoms with Gasteiger partial charge in [0.05, 0.1) is 0 Å². The quantitative estimate of drug-likeness (QED) is 0.678. The summed E-state index contributed by atoms with van der Waals surface area (Å²) in [6.07, 6.45) is 3.15. The van der Waals surface area contributed by atoms with Crippen LogP contribution in [0, 0.1) is 0 Å². The number of piperidine rings is 1. The summed E-state index contributed by atoms with van der Waals surface area (Å²) in [4.78, 5) is 16.0. The van der Waals surface area contributed by atoms with Crippen molar-refractivity contribution in [2.75, 3.05) is 36.0 Å². The Balaban J connectivity index is 1.35. The Kier molecular flexibility index (Phi) is 3.80. The van der Waals surface area contributed by atoms with E-state index in [0.717, 1.165) is 62.1 Å². The lowest BCUT2D eigenvalue weighted by Crippen LogP contribution is -2.38. The fraction of sp³-hybridized carbons (Fsp3) is 0.500. The predicted octanol–water partition coefficient (Wildman–Crippen LogP) is 0.812. The normalized spacial score (nSPS) is 18.1. The molecule has 9 nitrogen and oxygen atoms in total. The fourth-order valence-electron chi connectivity index (χ4n) is 3.79. The molecule has 27 heavy (non-hydrogen) atoms. The van der Waals surface area contributed by atoms with E-state index in [-0.39, 0.29) is 5.56 Å². The summed E-state index contributed by atoms with van der Waals surface area (Å²) in [7, 11) is 1.68. The molecule has 0 saturated carbocycles. The summed E-state index contributed by atoms with van der Waals surface area (Å²) in [5, 5.41) is 17.9. The predicted molar refractivity (Wildman–Crippen MR) is 101 cm³/mol. The second kappa shape index (κ2) is 6.33. The molecule has 0 aliphatic carbocycles. The molecule has 0 amide bonds. The van der Waals surface area contributed by atoms with Gasteiger partial charge >= 0.3 is 0 Å². The second-order valence-corrected chi connectivity index (χ2v) is 7.28. The van der Waals surface area contributed by atoms with Crippen molar-refractivity contribution in [3.05, 3.63) is 40.4 Å². The number of hydrogen-bond acceptors (Lipinski definition) is 7. The minimum Gasteiger partial charge on any atom is -0.355 e. The van der Waals surface area contributed by atoms with Gasteiger partial charge in [-0.05, 0) is 37.5 Å². The van der Waals surface area contributed by atoms with Crippen LogP contribution in [0.2, 0.25) is 0 Å². The van der Waals surface area contributed by atoms with Crippen molar-refractivity contribution in [3.63, 3.8) is 0 Å². The van der Waals surface area contributed by atoms with Gasteiger partial charge in [0.25, 0.3) is 5.56 Å². The van der Waals surface area contributed by atoms with Crippen LogP contribution in [0.5, 0.6) is 0 Å². The van der Waals surface area contributed by atoms with E-state index in [4.69, 9.17) is 5.10 Å². The molecule has 140 valence electrons. The fourth-order valence-corrected chi connectivity index (χ4v) is 3.79. The Morgan fingerprint density at radius 3 is 2.30 bits per heavy atom. The lowest BCUT2D eigenvalue weighted by Gasteiger charge is -2.32. The monoisotopic (exact) mass is 366 g/mol. The number of aromatic nitrogens is 6. The molecule has 0 unspecified atom stereocenters. The lowest BCUT2D eigenvalue weighted by molar-refractivity contribution is 0.471. The van der Waals surface area contributed by atoms with Gasteiger partial charge in [-0.1, -0.05) is 0 Å². The molecule has 2 aliphatic rings. The highest BCUT2D eigenvalue weighted by Crippen LogP contribution is 2.29. The zero-order valence-corrected chi connectivity index (χ0v) is 15.3. The van der Waals surface area contributed by atoms with Gasteiger partial charge in [0.2, 0.25) is 0 Å². The summed E-state index contributed by atoms with van der Waals surface area (Å²) < 4.78 is 3.30. The third-order valence-electron chi connectivity index (χ3n) is 5.58. The van der Waals surface area contributed by atoms with Crippen LogP contribution in [-0.4, -0.2) is 55.8 Å². The molecule has 5 heterocycles. The van der Waals surface area contributed by atoms with E-state index in [2.05, 4.69) is 25.1 Å². The van der Waals surface area contributed by atoms with E-state index in [0.29, 0.717) is 5.92 Å². The number of nitrogens with zero attached hydrogens (tertiary/aromatic N) is 8. The Bertz CT molecular complexity index is 1030. The molecule has 9 heteroatoms. The Morgan fingerprint density at radius 2 is 1.59 bits per heavy atom. The minimum atomic E-state index is -0.0901. The maximum atomic E-state index is 11.5. The smallest absolute Gasteiger partial charge is 0.266 e. The van der Waals surface area contributed by atoms with Gasteiger partial charge in [0.15, 0.2) is 11.5 Å². The van der Waals surface area contributed by atoms with Crippen LogP contribution >= 0.6 is 0 Å². The molecule has 0 N–H and O–H groups in total. The van der Waals surface area contributed by atoms with E-state index in [9.17, 15) is 4.79 Å². The number of anilines is 2. The molecule has 0 radical (unpaired) electrons. The zero-order chi connectivity index (χ0) is 18.4. The van der Waals surface area contributed by atoms with Crippen molar-refractivity contribution in [2.45, 2.75) is 25.2 Å². The van der Waals surface area contributed by atoms with Crippen molar-refractivity contribution in [2.24, 2.45) is 7.05 Å². The van der Waals surface area contributed by atoms with Crippen molar-refractivity contribution >= 4 is 17.3 Å². The average molecular weight is 366 g/mol. The molecule has 2 aliphatic heterocycles. The number of aryl methyl sites for hydroxylation is 1. The number of rotatable bonds is 3. The van der Waals surface area contributed by atoms with Crippen molar-refractivity contribution < 1.29 is 0 Å². The first-order chi connectivity index (χ1) is 13.2. The molecule has 0 bridgehead atoms. The summed E-state index contributed by atoms with van der Waals surface area (Å²) >= 11 is 0. The Morgan fingerprint density at radius 1 is 0.889 bits per heavy atom. The molecule has 2 saturated heterocycles. The van der Waals surface area contributed by atoms with Crippen molar-refractivity contribution in [3.8, 4) is 0 Å². The molecule has 3 aromatic heterocycles. The summed E-state index contributed by atoms with van der Waals surface area (Å²) in [6, 6.07) is 7.40. The first-order valence-electron chi connectivity index (χ1n) is 9.46. The summed E-state index contributed by atoms with van der Waals surface area (Å²) in [5.74, 6) is 3.12. The van der Waals surface area contributed by atoms with Gasteiger partial charge in [-0.3, -0.25) is 4.79 Å². The van der Waals surface area contributed by atoms with E-state index >= 15 is 0 Å². The average Bonchev–Trinajstić information content (AvgIpc) is 3.06. The van der Waals surface area contributed by atoms with E-state index in [1.165, 1.54) is 11.1 Å². The Hall–Kier alpha value is -2.97. The SMILES string of the molecule is Cn1nc(N2CCC(c3nnc4ccc(N5CCC5)nn34)CC2)ccc1=O. The van der Waals surface area contributed by atoms with Crippen molar-refractivity contribution in [1.82, 2.24) is 29.6 Å². The topological polar surface area (TPSA) is 84.5 Å². The third-order valence-corrected chi connectivity index (χ3v) is 5.58. The van der Waals surface area contributed by atoms with Crippen molar-refractivity contribution in [1.29, 1.82) is 0 Å². The summed E-state index contributed by atoms with van der Waals surface area (Å²) in [5.41, 5.74) is 0.712. The highest BCUT2D eigenvalue weighted by Gasteiger charge is 2.26. The second-order valence-electron chi connectivity index (χ2n) is 7.28. The Labute approximate surface area is 156 Å². The molecule has 5 rings (SSSR count). The van der Waals surface area contributed by atoms with Crippen LogP contribution in [0.3, 0.4) is 0 Å². The molecular weight excluding hydrogens is 344 g/mol. The third kappa shape index (κ3) is 2.83. The summed E-state index contributed by atoms with van der Waals surface area (Å²) in [6.45, 7) is 3.88. The molecular formula is C18H22N8O. The van der Waals surface area contributed by atoms with Gasteiger partial charge in [0.1, 0.15) is 11.6 Å². The first kappa shape index (κ1) is 16.2. The van der Waals surface area contributed by atoms with Gasteiger partial charge in [0, 0.05) is 45.2 Å². The van der Waals surface area contributed by atoms with Crippen LogP contribution in [0.4, 0.5) is 11.6 Å². The van der Waals surface area contributed by atoms with Crippen LogP contribution in [0.1, 0.15) is 31.0 Å². The molecule has 2 fully saturated rings. The van der Waals surface area contributed by atoms with Gasteiger partial charge in [-0.25, -0.2) is 4.68 Å². The van der Waals surface area contributed by atoms with E-state index < -0.39 is 0 Å². The molecule has 3 aromatic rings. The molecule has 0 atom stereocenters. The van der Waals surface area contributed by atoms with Crippen LogP contribution in [0.15, 0.2) is 29.1 Å². The van der Waals surface area contributed by atoms with Gasteiger partial charge in [-0.15, -0.1) is 15.3 Å². The van der Waals surface area contributed by atoms with Gasteiger partial charge in [-0.2, -0.15) is 9.61 Å². The van der Waals surface area contributed by atoms with Crippen LogP contribution < -0.4 is 15.4 Å². The lowest BCUT2D eigenvalue weighted by atomic mass is 9.96. The van der Waals surface area contributed by atoms with Crippen LogP contribution in [-0.2, 0) is 7.05 Å². The number of fused-ring (bicyclic) bond motifs is 1. The zero-order valence-electron chi connectivity index (χ0n) is 15.3. The largest absolute Gasteiger partial charge is 0.355 e. The molecule has 0 spiro atoms. The standard InChI is InChI=1S/C18H22N8O/c1-23-17(27)6-5-15(21-23)25-11-7-13(8-12-25)18-20-19-14-3-4-16(22-26(14)18)24-9-2-10-24/h3-6,13H,2,7-12H2,1H3. The van der Waals surface area contributed by atoms with Crippen LogP contribution in [0.25, 0.3) is 5.65 Å². The maximum absolute atomic E-state index is 11.5. The van der Waals surface area contributed by atoms with E-state index in [1.54, 1.807) is 19.2 Å². The minimum absolute atomic E-state index is 0.0901. The van der Waals surface area contributed by atoms with E-state index in [1.807, 2.05) is 16.6 Å².